The zero-order valence-electron chi connectivity index (χ0n) is 16.7. The van der Waals surface area contributed by atoms with Gasteiger partial charge in [-0.1, -0.05) is 29.5 Å². The lowest BCUT2D eigenvalue weighted by Gasteiger charge is -2.28. The van der Waals surface area contributed by atoms with Crippen LogP contribution in [0.5, 0.6) is 0 Å². The highest BCUT2D eigenvalue weighted by Gasteiger charge is 2.36. The number of hydrogen-bond donors (Lipinski definition) is 0. The first-order valence-corrected chi connectivity index (χ1v) is 11.2. The summed E-state index contributed by atoms with van der Waals surface area (Å²) in [4.78, 5) is 14.7. The monoisotopic (exact) mass is 418 g/mol. The van der Waals surface area contributed by atoms with Gasteiger partial charge in [-0.3, -0.25) is 9.48 Å². The van der Waals surface area contributed by atoms with Crippen LogP contribution in [-0.4, -0.2) is 76.1 Å². The highest BCUT2D eigenvalue weighted by molar-refractivity contribution is 7.86. The van der Waals surface area contributed by atoms with Gasteiger partial charge in [0.25, 0.3) is 16.1 Å². The second-order valence-electron chi connectivity index (χ2n) is 7.77. The number of benzene rings is 1. The SMILES string of the molecule is CN(C)S(=O)(=O)N1CCC[C@H]1Cn1cc(C(=O)N2CCc3ccccc3C2)nn1. The number of rotatable bonds is 5. The normalized spacial score (nSPS) is 20.2. The molecule has 1 amide bonds. The second-order valence-corrected chi connectivity index (χ2v) is 9.86. The lowest BCUT2D eigenvalue weighted by Crippen LogP contribution is -2.44. The molecule has 3 heterocycles. The molecule has 9 nitrogen and oxygen atoms in total. The summed E-state index contributed by atoms with van der Waals surface area (Å²) in [7, 11) is -0.400. The lowest BCUT2D eigenvalue weighted by molar-refractivity contribution is 0.0728. The van der Waals surface area contributed by atoms with Crippen molar-refractivity contribution in [2.75, 3.05) is 27.2 Å². The van der Waals surface area contributed by atoms with Crippen molar-refractivity contribution in [3.05, 3.63) is 47.3 Å². The van der Waals surface area contributed by atoms with Crippen molar-refractivity contribution < 1.29 is 13.2 Å². The van der Waals surface area contributed by atoms with Crippen LogP contribution in [0.1, 0.15) is 34.5 Å². The minimum atomic E-state index is -3.47. The third kappa shape index (κ3) is 3.92. The summed E-state index contributed by atoms with van der Waals surface area (Å²) >= 11 is 0. The largest absolute Gasteiger partial charge is 0.333 e. The molecular formula is C19H26N6O3S. The zero-order chi connectivity index (χ0) is 20.6. The van der Waals surface area contributed by atoms with Gasteiger partial charge in [0.15, 0.2) is 5.69 Å². The van der Waals surface area contributed by atoms with Gasteiger partial charge in [0.2, 0.25) is 0 Å². The Balaban J connectivity index is 1.44. The van der Waals surface area contributed by atoms with Crippen LogP contribution in [0.25, 0.3) is 0 Å². The average Bonchev–Trinajstić information content (AvgIpc) is 3.37. The van der Waals surface area contributed by atoms with E-state index in [4.69, 9.17) is 0 Å². The van der Waals surface area contributed by atoms with Gasteiger partial charge in [-0.05, 0) is 30.4 Å². The summed E-state index contributed by atoms with van der Waals surface area (Å²) in [5.74, 6) is -0.144. The number of aromatic nitrogens is 3. The van der Waals surface area contributed by atoms with Crippen LogP contribution in [0.4, 0.5) is 0 Å². The Morgan fingerprint density at radius 2 is 1.97 bits per heavy atom. The molecule has 0 aliphatic carbocycles. The van der Waals surface area contributed by atoms with E-state index >= 15 is 0 Å². The Morgan fingerprint density at radius 3 is 2.72 bits per heavy atom. The van der Waals surface area contributed by atoms with Crippen molar-refractivity contribution in [3.63, 3.8) is 0 Å². The fraction of sp³-hybridized carbons (Fsp3) is 0.526. The van der Waals surface area contributed by atoms with Crippen molar-refractivity contribution in [1.82, 2.24) is 28.5 Å². The molecule has 0 saturated carbocycles. The molecule has 4 rings (SSSR count). The van der Waals surface area contributed by atoms with Gasteiger partial charge in [-0.15, -0.1) is 5.10 Å². The van der Waals surface area contributed by atoms with Crippen LogP contribution in [0.3, 0.4) is 0 Å². The first-order valence-electron chi connectivity index (χ1n) is 9.82. The summed E-state index contributed by atoms with van der Waals surface area (Å²) in [5, 5.41) is 8.14. The molecule has 1 atom stereocenters. The van der Waals surface area contributed by atoms with Crippen molar-refractivity contribution in [2.24, 2.45) is 0 Å². The van der Waals surface area contributed by atoms with Crippen LogP contribution >= 0.6 is 0 Å². The van der Waals surface area contributed by atoms with Gasteiger partial charge in [-0.25, -0.2) is 0 Å². The minimum absolute atomic E-state index is 0.144. The lowest BCUT2D eigenvalue weighted by atomic mass is 10.00. The van der Waals surface area contributed by atoms with Gasteiger partial charge < -0.3 is 4.90 Å². The van der Waals surface area contributed by atoms with Gasteiger partial charge in [0, 0.05) is 39.8 Å². The number of carbonyl (C=O) groups excluding carboxylic acids is 1. The molecule has 0 unspecified atom stereocenters. The van der Waals surface area contributed by atoms with Crippen molar-refractivity contribution in [1.29, 1.82) is 0 Å². The Bertz CT molecular complexity index is 1000. The Kier molecular flexibility index (Phi) is 5.41. The second kappa shape index (κ2) is 7.85. The fourth-order valence-corrected chi connectivity index (χ4v) is 5.37. The predicted molar refractivity (Wildman–Crippen MR) is 107 cm³/mol. The number of carbonyl (C=O) groups is 1. The van der Waals surface area contributed by atoms with E-state index in [0.29, 0.717) is 31.9 Å². The van der Waals surface area contributed by atoms with Crippen LogP contribution in [0.2, 0.25) is 0 Å². The predicted octanol–water partition coefficient (Wildman–Crippen LogP) is 0.747. The maximum atomic E-state index is 12.9. The van der Waals surface area contributed by atoms with E-state index in [0.717, 1.165) is 24.8 Å². The molecule has 1 aromatic carbocycles. The molecule has 2 aromatic rings. The van der Waals surface area contributed by atoms with E-state index < -0.39 is 10.2 Å². The Morgan fingerprint density at radius 1 is 1.21 bits per heavy atom. The number of amides is 1. The van der Waals surface area contributed by atoms with E-state index in [1.165, 1.54) is 28.3 Å². The molecule has 2 aliphatic rings. The molecule has 1 aromatic heterocycles. The molecule has 0 radical (unpaired) electrons. The molecule has 1 saturated heterocycles. The molecule has 29 heavy (non-hydrogen) atoms. The maximum Gasteiger partial charge on any atom is 0.281 e. The van der Waals surface area contributed by atoms with Crippen LogP contribution in [-0.2, 0) is 29.7 Å². The molecule has 0 spiro atoms. The van der Waals surface area contributed by atoms with E-state index in [9.17, 15) is 13.2 Å². The number of hydrogen-bond acceptors (Lipinski definition) is 5. The maximum absolute atomic E-state index is 12.9. The van der Waals surface area contributed by atoms with Crippen molar-refractivity contribution in [3.8, 4) is 0 Å². The summed E-state index contributed by atoms with van der Waals surface area (Å²) in [6.45, 7) is 2.11. The van der Waals surface area contributed by atoms with E-state index in [-0.39, 0.29) is 11.9 Å². The number of nitrogens with zero attached hydrogens (tertiary/aromatic N) is 6. The standard InChI is InChI=1S/C19H26N6O3S/c1-22(2)29(27,28)25-10-5-8-17(25)13-24-14-18(20-21-24)19(26)23-11-9-15-6-3-4-7-16(15)12-23/h3-4,6-7,14,17H,5,8-13H2,1-2H3/t17-/m0/s1. The van der Waals surface area contributed by atoms with Crippen LogP contribution < -0.4 is 0 Å². The van der Waals surface area contributed by atoms with E-state index in [1.54, 1.807) is 15.8 Å². The fourth-order valence-electron chi connectivity index (χ4n) is 4.04. The Hall–Kier alpha value is -2.30. The van der Waals surface area contributed by atoms with Crippen molar-refractivity contribution >= 4 is 16.1 Å². The third-order valence-electron chi connectivity index (χ3n) is 5.65. The minimum Gasteiger partial charge on any atom is -0.333 e. The molecule has 0 N–H and O–H groups in total. The van der Waals surface area contributed by atoms with Gasteiger partial charge in [0.05, 0.1) is 12.7 Å². The summed E-state index contributed by atoms with van der Waals surface area (Å²) in [5.41, 5.74) is 2.74. The van der Waals surface area contributed by atoms with E-state index in [2.05, 4.69) is 16.4 Å². The highest BCUT2D eigenvalue weighted by atomic mass is 32.2. The molecule has 2 aliphatic heterocycles. The molecule has 0 bridgehead atoms. The van der Waals surface area contributed by atoms with Crippen LogP contribution in [0, 0.1) is 0 Å². The molecule has 156 valence electrons. The highest BCUT2D eigenvalue weighted by Crippen LogP contribution is 2.24. The van der Waals surface area contributed by atoms with Gasteiger partial charge in [0.1, 0.15) is 0 Å². The smallest absolute Gasteiger partial charge is 0.281 e. The third-order valence-corrected chi connectivity index (χ3v) is 7.65. The molecule has 10 heteroatoms. The van der Waals surface area contributed by atoms with Gasteiger partial charge in [-0.2, -0.15) is 17.0 Å². The first kappa shape index (κ1) is 20.0. The van der Waals surface area contributed by atoms with Gasteiger partial charge >= 0.3 is 0 Å². The topological polar surface area (TPSA) is 91.6 Å². The number of fused-ring (bicyclic) bond motifs is 1. The average molecular weight is 419 g/mol. The molecular weight excluding hydrogens is 392 g/mol. The van der Waals surface area contributed by atoms with E-state index in [1.807, 2.05) is 18.2 Å². The summed E-state index contributed by atoms with van der Waals surface area (Å²) in [6.07, 6.45) is 4.03. The summed E-state index contributed by atoms with van der Waals surface area (Å²) < 4.78 is 29.3. The summed E-state index contributed by atoms with van der Waals surface area (Å²) in [6, 6.07) is 7.96. The Labute approximate surface area is 171 Å². The van der Waals surface area contributed by atoms with Crippen molar-refractivity contribution in [2.45, 2.75) is 38.4 Å². The molecule has 1 fully saturated rings. The first-order chi connectivity index (χ1) is 13.9. The van der Waals surface area contributed by atoms with Crippen LogP contribution in [0.15, 0.2) is 30.5 Å². The quantitative estimate of drug-likeness (QED) is 0.715. The zero-order valence-corrected chi connectivity index (χ0v) is 17.5.